The summed E-state index contributed by atoms with van der Waals surface area (Å²) >= 11 is 0. The number of ether oxygens (including phenoxy) is 1. The minimum atomic E-state index is -0.247. The van der Waals surface area contributed by atoms with E-state index in [1.807, 2.05) is 11.8 Å². The summed E-state index contributed by atoms with van der Waals surface area (Å²) in [5.74, 6) is 1.63. The molecule has 0 aromatic carbocycles. The molecule has 0 spiro atoms. The molecule has 4 rings (SSSR count). The molecule has 8 heteroatoms. The van der Waals surface area contributed by atoms with E-state index in [0.29, 0.717) is 24.8 Å². The van der Waals surface area contributed by atoms with Crippen molar-refractivity contribution in [2.45, 2.75) is 38.7 Å². The lowest BCUT2D eigenvalue weighted by atomic mass is 9.95. The average molecular weight is 390 g/mol. The van der Waals surface area contributed by atoms with E-state index < -0.39 is 0 Å². The number of nitrogens with zero attached hydrogens (tertiary/aromatic N) is 3. The van der Waals surface area contributed by atoms with E-state index >= 15 is 0 Å². The van der Waals surface area contributed by atoms with Gasteiger partial charge in [0.2, 0.25) is 5.91 Å². The number of carbonyl (C=O) groups excluding carboxylic acids is 2. The molecule has 3 heterocycles. The number of aromatic nitrogens is 2. The van der Waals surface area contributed by atoms with Gasteiger partial charge in [0.25, 0.3) is 5.91 Å². The van der Waals surface area contributed by atoms with Crippen molar-refractivity contribution in [2.24, 2.45) is 11.8 Å². The molecule has 154 valence electrons. The van der Waals surface area contributed by atoms with Crippen LogP contribution in [0, 0.1) is 18.8 Å². The number of imidazole rings is 1. The standard InChI is InChI=1S/C20H31N5O3/c1-14-8-21-19(23-14)20(27)22-9-17-12-25(18(26)13-28-17)11-16-4-6-24(7-5-16)10-15-2-3-15/h8,15-17H,2-7,9-13H2,1H3,(H,21,23)(H,22,27)/t17-/m0/s1. The molecule has 1 saturated carbocycles. The van der Waals surface area contributed by atoms with Crippen molar-refractivity contribution in [3.05, 3.63) is 17.7 Å². The summed E-state index contributed by atoms with van der Waals surface area (Å²) in [6, 6.07) is 0. The normalized spacial score (nSPS) is 24.5. The van der Waals surface area contributed by atoms with Crippen molar-refractivity contribution < 1.29 is 14.3 Å². The first-order valence-electron chi connectivity index (χ1n) is 10.5. The molecule has 0 unspecified atom stereocenters. The van der Waals surface area contributed by atoms with E-state index in [-0.39, 0.29) is 24.5 Å². The molecule has 2 aliphatic heterocycles. The SMILES string of the molecule is Cc1cnc(C(=O)NC[C@H]2CN(CC3CCN(CC4CC4)CC3)C(=O)CO2)[nH]1. The highest BCUT2D eigenvalue weighted by atomic mass is 16.5. The van der Waals surface area contributed by atoms with Crippen LogP contribution in [0.1, 0.15) is 42.0 Å². The summed E-state index contributed by atoms with van der Waals surface area (Å²) in [5.41, 5.74) is 0.846. The number of piperidine rings is 1. The van der Waals surface area contributed by atoms with Crippen LogP contribution in [0.5, 0.6) is 0 Å². The van der Waals surface area contributed by atoms with Crippen LogP contribution >= 0.6 is 0 Å². The Labute approximate surface area is 166 Å². The lowest BCUT2D eigenvalue weighted by Gasteiger charge is -2.38. The molecule has 8 nitrogen and oxygen atoms in total. The van der Waals surface area contributed by atoms with Crippen molar-refractivity contribution in [1.82, 2.24) is 25.1 Å². The molecular formula is C20H31N5O3. The number of nitrogens with one attached hydrogen (secondary N) is 2. The number of H-pyrrole nitrogens is 1. The number of aromatic amines is 1. The van der Waals surface area contributed by atoms with E-state index in [1.54, 1.807) is 6.20 Å². The van der Waals surface area contributed by atoms with Crippen LogP contribution in [0.25, 0.3) is 0 Å². The van der Waals surface area contributed by atoms with Gasteiger partial charge in [0.1, 0.15) is 6.61 Å². The van der Waals surface area contributed by atoms with Gasteiger partial charge in [-0.15, -0.1) is 0 Å². The van der Waals surface area contributed by atoms with Crippen molar-refractivity contribution in [3.63, 3.8) is 0 Å². The zero-order valence-electron chi connectivity index (χ0n) is 16.7. The summed E-state index contributed by atoms with van der Waals surface area (Å²) in [6.07, 6.45) is 6.59. The van der Waals surface area contributed by atoms with Gasteiger partial charge in [0.15, 0.2) is 5.82 Å². The Kier molecular flexibility index (Phi) is 5.96. The van der Waals surface area contributed by atoms with Crippen LogP contribution < -0.4 is 5.32 Å². The second-order valence-corrected chi connectivity index (χ2v) is 8.54. The van der Waals surface area contributed by atoms with E-state index in [4.69, 9.17) is 4.74 Å². The Hall–Kier alpha value is -1.93. The van der Waals surface area contributed by atoms with E-state index in [0.717, 1.165) is 44.1 Å². The second kappa shape index (κ2) is 8.61. The topological polar surface area (TPSA) is 90.6 Å². The predicted molar refractivity (Wildman–Crippen MR) is 104 cm³/mol. The first-order valence-corrected chi connectivity index (χ1v) is 10.5. The predicted octanol–water partition coefficient (Wildman–Crippen LogP) is 0.797. The van der Waals surface area contributed by atoms with Crippen LogP contribution in [-0.2, 0) is 9.53 Å². The third-order valence-electron chi connectivity index (χ3n) is 6.03. The van der Waals surface area contributed by atoms with Crippen molar-refractivity contribution in [3.8, 4) is 0 Å². The van der Waals surface area contributed by atoms with E-state index in [2.05, 4.69) is 20.2 Å². The average Bonchev–Trinajstić information content (AvgIpc) is 3.40. The van der Waals surface area contributed by atoms with Gasteiger partial charge >= 0.3 is 0 Å². The van der Waals surface area contributed by atoms with Crippen molar-refractivity contribution in [1.29, 1.82) is 0 Å². The molecule has 2 saturated heterocycles. The van der Waals surface area contributed by atoms with Crippen molar-refractivity contribution >= 4 is 11.8 Å². The van der Waals surface area contributed by atoms with Gasteiger partial charge < -0.3 is 24.8 Å². The Morgan fingerprint density at radius 2 is 2.00 bits per heavy atom. The van der Waals surface area contributed by atoms with E-state index in [9.17, 15) is 9.59 Å². The largest absolute Gasteiger partial charge is 0.365 e. The zero-order chi connectivity index (χ0) is 19.5. The first-order chi connectivity index (χ1) is 13.6. The van der Waals surface area contributed by atoms with Gasteiger partial charge in [-0.25, -0.2) is 4.98 Å². The monoisotopic (exact) mass is 389 g/mol. The van der Waals surface area contributed by atoms with E-state index in [1.165, 1.54) is 19.4 Å². The van der Waals surface area contributed by atoms with Gasteiger partial charge in [-0.1, -0.05) is 0 Å². The highest BCUT2D eigenvalue weighted by Gasteiger charge is 2.31. The summed E-state index contributed by atoms with van der Waals surface area (Å²) < 4.78 is 5.62. The van der Waals surface area contributed by atoms with Gasteiger partial charge in [-0.2, -0.15) is 0 Å². The van der Waals surface area contributed by atoms with Crippen LogP contribution in [0.15, 0.2) is 6.20 Å². The quantitative estimate of drug-likeness (QED) is 0.720. The molecule has 0 radical (unpaired) electrons. The third-order valence-corrected chi connectivity index (χ3v) is 6.03. The Bertz CT molecular complexity index is 694. The van der Waals surface area contributed by atoms with Crippen LogP contribution in [0.3, 0.4) is 0 Å². The lowest BCUT2D eigenvalue weighted by Crippen LogP contribution is -2.52. The molecule has 1 aliphatic carbocycles. The highest BCUT2D eigenvalue weighted by Crippen LogP contribution is 2.31. The molecule has 3 fully saturated rings. The fourth-order valence-corrected chi connectivity index (χ4v) is 4.13. The lowest BCUT2D eigenvalue weighted by molar-refractivity contribution is -0.149. The number of hydrogen-bond donors (Lipinski definition) is 2. The fourth-order valence-electron chi connectivity index (χ4n) is 4.13. The molecule has 1 aromatic rings. The molecule has 3 aliphatic rings. The molecule has 0 bridgehead atoms. The molecule has 28 heavy (non-hydrogen) atoms. The zero-order valence-corrected chi connectivity index (χ0v) is 16.7. The van der Waals surface area contributed by atoms with Gasteiger partial charge in [0, 0.05) is 38.1 Å². The number of morpholine rings is 1. The Morgan fingerprint density at radius 1 is 1.25 bits per heavy atom. The number of likely N-dealkylation sites (tertiary alicyclic amines) is 1. The Morgan fingerprint density at radius 3 is 2.68 bits per heavy atom. The number of aryl methyl sites for hydroxylation is 1. The summed E-state index contributed by atoms with van der Waals surface area (Å²) in [7, 11) is 0. The molecule has 2 amide bonds. The van der Waals surface area contributed by atoms with Crippen LogP contribution in [0.2, 0.25) is 0 Å². The number of hydrogen-bond acceptors (Lipinski definition) is 5. The minimum Gasteiger partial charge on any atom is -0.365 e. The number of carbonyl (C=O) groups is 2. The third kappa shape index (κ3) is 5.11. The maximum absolute atomic E-state index is 12.3. The Balaban J connectivity index is 1.21. The van der Waals surface area contributed by atoms with Crippen LogP contribution in [0.4, 0.5) is 0 Å². The molecule has 1 atom stereocenters. The van der Waals surface area contributed by atoms with Crippen LogP contribution in [-0.4, -0.2) is 83.6 Å². The van der Waals surface area contributed by atoms with Gasteiger partial charge in [-0.05, 0) is 57.5 Å². The van der Waals surface area contributed by atoms with Gasteiger partial charge in [0.05, 0.1) is 6.10 Å². The minimum absolute atomic E-state index is 0.0599. The maximum Gasteiger partial charge on any atom is 0.287 e. The molecule has 2 N–H and O–H groups in total. The van der Waals surface area contributed by atoms with Crippen molar-refractivity contribution in [2.75, 3.05) is 45.9 Å². The molecular weight excluding hydrogens is 358 g/mol. The first kappa shape index (κ1) is 19.4. The fraction of sp³-hybridized carbons (Fsp3) is 0.750. The number of rotatable bonds is 7. The van der Waals surface area contributed by atoms with Gasteiger partial charge in [-0.3, -0.25) is 9.59 Å². The summed E-state index contributed by atoms with van der Waals surface area (Å²) in [5, 5.41) is 2.85. The molecule has 1 aromatic heterocycles. The summed E-state index contributed by atoms with van der Waals surface area (Å²) in [4.78, 5) is 35.9. The second-order valence-electron chi connectivity index (χ2n) is 8.54. The highest BCUT2D eigenvalue weighted by molar-refractivity contribution is 5.90. The summed E-state index contributed by atoms with van der Waals surface area (Å²) in [6.45, 7) is 7.25. The smallest absolute Gasteiger partial charge is 0.287 e. The maximum atomic E-state index is 12.3. The number of amides is 2.